The van der Waals surface area contributed by atoms with Crippen LogP contribution in [-0.2, 0) is 13.0 Å². The summed E-state index contributed by atoms with van der Waals surface area (Å²) in [6.07, 6.45) is 0.781. The minimum absolute atomic E-state index is 0.101. The van der Waals surface area contributed by atoms with E-state index in [4.69, 9.17) is 26.6 Å². The third-order valence-corrected chi connectivity index (χ3v) is 2.77. The number of aryl methyl sites for hydroxylation is 1. The standard InChI is InChI=1S/C13H16ClN3O2/c1-8(15)5-10-3-4-12(11(14)6-10)18-7-13-16-9(2)17-19-13/h3-4,6,8H,5,7,15H2,1-2H3. The Kier molecular flexibility index (Phi) is 4.39. The molecule has 1 atom stereocenters. The van der Waals surface area contributed by atoms with Crippen LogP contribution in [0.2, 0.25) is 5.02 Å². The highest BCUT2D eigenvalue weighted by Gasteiger charge is 2.08. The van der Waals surface area contributed by atoms with E-state index in [0.717, 1.165) is 12.0 Å². The van der Waals surface area contributed by atoms with E-state index in [2.05, 4.69) is 10.1 Å². The molecule has 1 heterocycles. The van der Waals surface area contributed by atoms with E-state index in [1.165, 1.54) is 0 Å². The first-order valence-corrected chi connectivity index (χ1v) is 6.38. The molecular formula is C13H16ClN3O2. The van der Waals surface area contributed by atoms with Gasteiger partial charge in [0.1, 0.15) is 5.75 Å². The lowest BCUT2D eigenvalue weighted by Gasteiger charge is -2.09. The van der Waals surface area contributed by atoms with E-state index in [9.17, 15) is 0 Å². The maximum absolute atomic E-state index is 6.15. The van der Waals surface area contributed by atoms with Crippen molar-refractivity contribution in [3.63, 3.8) is 0 Å². The SMILES string of the molecule is Cc1noc(COc2ccc(CC(C)N)cc2Cl)n1. The van der Waals surface area contributed by atoms with Gasteiger partial charge in [-0.2, -0.15) is 4.98 Å². The number of aromatic nitrogens is 2. The van der Waals surface area contributed by atoms with Crippen molar-refractivity contribution in [2.75, 3.05) is 0 Å². The average molecular weight is 282 g/mol. The van der Waals surface area contributed by atoms with E-state index in [-0.39, 0.29) is 12.6 Å². The Morgan fingerprint density at radius 1 is 1.47 bits per heavy atom. The molecule has 1 unspecified atom stereocenters. The summed E-state index contributed by atoms with van der Waals surface area (Å²) in [6.45, 7) is 3.91. The summed E-state index contributed by atoms with van der Waals surface area (Å²) in [5.74, 6) is 1.59. The number of halogens is 1. The topological polar surface area (TPSA) is 74.2 Å². The van der Waals surface area contributed by atoms with Crippen molar-refractivity contribution < 1.29 is 9.26 Å². The highest BCUT2D eigenvalue weighted by atomic mass is 35.5. The van der Waals surface area contributed by atoms with Gasteiger partial charge in [-0.25, -0.2) is 0 Å². The first-order chi connectivity index (χ1) is 9.04. The van der Waals surface area contributed by atoms with Crippen LogP contribution in [0.1, 0.15) is 24.2 Å². The number of nitrogens with two attached hydrogens (primary N) is 1. The Labute approximate surface area is 116 Å². The number of nitrogens with zero attached hydrogens (tertiary/aromatic N) is 2. The largest absolute Gasteiger partial charge is 0.482 e. The molecule has 2 rings (SSSR count). The summed E-state index contributed by atoms with van der Waals surface area (Å²) in [6, 6.07) is 5.73. The van der Waals surface area contributed by atoms with Crippen LogP contribution in [0.25, 0.3) is 0 Å². The molecule has 102 valence electrons. The number of benzene rings is 1. The quantitative estimate of drug-likeness (QED) is 0.911. The van der Waals surface area contributed by atoms with Gasteiger partial charge in [-0.1, -0.05) is 22.8 Å². The Morgan fingerprint density at radius 3 is 2.84 bits per heavy atom. The fourth-order valence-corrected chi connectivity index (χ4v) is 1.96. The molecule has 0 radical (unpaired) electrons. The molecule has 0 saturated carbocycles. The second-order valence-electron chi connectivity index (χ2n) is 4.47. The van der Waals surface area contributed by atoms with Gasteiger partial charge in [-0.3, -0.25) is 0 Å². The van der Waals surface area contributed by atoms with E-state index in [0.29, 0.717) is 22.5 Å². The van der Waals surface area contributed by atoms with Gasteiger partial charge < -0.3 is 15.0 Å². The van der Waals surface area contributed by atoms with Gasteiger partial charge in [-0.05, 0) is 38.0 Å². The monoisotopic (exact) mass is 281 g/mol. The number of hydrogen-bond acceptors (Lipinski definition) is 5. The van der Waals surface area contributed by atoms with Crippen molar-refractivity contribution in [3.8, 4) is 5.75 Å². The molecule has 19 heavy (non-hydrogen) atoms. The van der Waals surface area contributed by atoms with Crippen LogP contribution in [0, 0.1) is 6.92 Å². The third kappa shape index (κ3) is 3.94. The van der Waals surface area contributed by atoms with Crippen molar-refractivity contribution in [2.24, 2.45) is 5.73 Å². The molecule has 1 aromatic heterocycles. The van der Waals surface area contributed by atoms with Gasteiger partial charge in [0.05, 0.1) is 5.02 Å². The highest BCUT2D eigenvalue weighted by molar-refractivity contribution is 6.32. The fourth-order valence-electron chi connectivity index (χ4n) is 1.70. The number of rotatable bonds is 5. The van der Waals surface area contributed by atoms with Crippen molar-refractivity contribution in [2.45, 2.75) is 32.9 Å². The molecule has 0 spiro atoms. The van der Waals surface area contributed by atoms with Crippen molar-refractivity contribution in [3.05, 3.63) is 40.5 Å². The summed E-state index contributed by atoms with van der Waals surface area (Å²) in [5, 5.41) is 4.24. The molecule has 0 aliphatic rings. The van der Waals surface area contributed by atoms with Crippen LogP contribution < -0.4 is 10.5 Å². The van der Waals surface area contributed by atoms with Crippen LogP contribution in [0.4, 0.5) is 0 Å². The minimum atomic E-state index is 0.101. The molecule has 5 nitrogen and oxygen atoms in total. The lowest BCUT2D eigenvalue weighted by molar-refractivity contribution is 0.242. The Morgan fingerprint density at radius 2 is 2.26 bits per heavy atom. The van der Waals surface area contributed by atoms with Gasteiger partial charge >= 0.3 is 0 Å². The summed E-state index contributed by atoms with van der Waals surface area (Å²) >= 11 is 6.15. The lowest BCUT2D eigenvalue weighted by atomic mass is 10.1. The van der Waals surface area contributed by atoms with Gasteiger partial charge in [0, 0.05) is 6.04 Å². The molecule has 0 aliphatic heterocycles. The van der Waals surface area contributed by atoms with Crippen LogP contribution in [0.3, 0.4) is 0 Å². The normalized spacial score (nSPS) is 12.4. The number of hydrogen-bond donors (Lipinski definition) is 1. The molecular weight excluding hydrogens is 266 g/mol. The predicted molar refractivity (Wildman–Crippen MR) is 72.2 cm³/mol. The molecule has 2 aromatic rings. The third-order valence-electron chi connectivity index (χ3n) is 2.47. The van der Waals surface area contributed by atoms with Gasteiger partial charge in [0.25, 0.3) is 5.89 Å². The van der Waals surface area contributed by atoms with Crippen molar-refractivity contribution >= 4 is 11.6 Å². The molecule has 0 aliphatic carbocycles. The van der Waals surface area contributed by atoms with E-state index in [1.54, 1.807) is 6.92 Å². The van der Waals surface area contributed by atoms with Crippen LogP contribution >= 0.6 is 11.6 Å². The maximum atomic E-state index is 6.15. The fraction of sp³-hybridized carbons (Fsp3) is 0.385. The first-order valence-electron chi connectivity index (χ1n) is 6.00. The Hall–Kier alpha value is -1.59. The highest BCUT2D eigenvalue weighted by Crippen LogP contribution is 2.26. The van der Waals surface area contributed by atoms with Crippen molar-refractivity contribution in [1.82, 2.24) is 10.1 Å². The number of ether oxygens (including phenoxy) is 1. The minimum Gasteiger partial charge on any atom is -0.482 e. The average Bonchev–Trinajstić information content (AvgIpc) is 2.73. The summed E-state index contributed by atoms with van der Waals surface area (Å²) in [4.78, 5) is 4.05. The van der Waals surface area contributed by atoms with Gasteiger partial charge in [0.2, 0.25) is 0 Å². The smallest absolute Gasteiger partial charge is 0.264 e. The zero-order valence-electron chi connectivity index (χ0n) is 10.9. The van der Waals surface area contributed by atoms with E-state index < -0.39 is 0 Å². The molecule has 6 heteroatoms. The summed E-state index contributed by atoms with van der Waals surface area (Å²) < 4.78 is 10.5. The van der Waals surface area contributed by atoms with E-state index in [1.807, 2.05) is 25.1 Å². The zero-order chi connectivity index (χ0) is 13.8. The maximum Gasteiger partial charge on any atom is 0.264 e. The summed E-state index contributed by atoms with van der Waals surface area (Å²) in [5.41, 5.74) is 6.83. The lowest BCUT2D eigenvalue weighted by Crippen LogP contribution is -2.17. The molecule has 0 saturated heterocycles. The van der Waals surface area contributed by atoms with E-state index >= 15 is 0 Å². The first kappa shape index (κ1) is 13.8. The molecule has 0 bridgehead atoms. The van der Waals surface area contributed by atoms with Gasteiger partial charge in [0.15, 0.2) is 12.4 Å². The summed E-state index contributed by atoms with van der Waals surface area (Å²) in [7, 11) is 0. The van der Waals surface area contributed by atoms with Crippen molar-refractivity contribution in [1.29, 1.82) is 0 Å². The second-order valence-corrected chi connectivity index (χ2v) is 4.88. The zero-order valence-corrected chi connectivity index (χ0v) is 11.6. The molecule has 0 fully saturated rings. The molecule has 0 amide bonds. The van der Waals surface area contributed by atoms with Gasteiger partial charge in [-0.15, -0.1) is 0 Å². The van der Waals surface area contributed by atoms with Crippen LogP contribution in [-0.4, -0.2) is 16.2 Å². The Balaban J connectivity index is 2.00. The Bertz CT molecular complexity index is 555. The second kappa shape index (κ2) is 6.04. The van der Waals surface area contributed by atoms with Crippen LogP contribution in [0.5, 0.6) is 5.75 Å². The van der Waals surface area contributed by atoms with Crippen LogP contribution in [0.15, 0.2) is 22.7 Å². The molecule has 2 N–H and O–H groups in total. The molecule has 1 aromatic carbocycles. The predicted octanol–water partition coefficient (Wildman–Crippen LogP) is 2.50.